The van der Waals surface area contributed by atoms with Crippen LogP contribution in [-0.4, -0.2) is 39.5 Å². The summed E-state index contributed by atoms with van der Waals surface area (Å²) in [6.07, 6.45) is 10.3. The zero-order chi connectivity index (χ0) is 13.1. The van der Waals surface area contributed by atoms with Crippen LogP contribution >= 0.6 is 0 Å². The van der Waals surface area contributed by atoms with Crippen LogP contribution in [0, 0.1) is 0 Å². The Balaban J connectivity index is 1.73. The van der Waals surface area contributed by atoms with Crippen LogP contribution in [0.3, 0.4) is 0 Å². The average molecular weight is 260 g/mol. The van der Waals surface area contributed by atoms with E-state index >= 15 is 0 Å². The number of hydrogen-bond acceptors (Lipinski definition) is 4. The van der Waals surface area contributed by atoms with E-state index in [0.717, 1.165) is 25.5 Å². The first-order valence-electron chi connectivity index (χ1n) is 7.52. The van der Waals surface area contributed by atoms with E-state index in [1.165, 1.54) is 32.1 Å². The van der Waals surface area contributed by atoms with Gasteiger partial charge >= 0.3 is 0 Å². The summed E-state index contributed by atoms with van der Waals surface area (Å²) in [4.78, 5) is 11.3. The molecule has 1 spiro atoms. The third-order valence-electron chi connectivity index (χ3n) is 4.72. The summed E-state index contributed by atoms with van der Waals surface area (Å²) in [5.41, 5.74) is 0.361. The molecule has 1 aromatic rings. The molecule has 1 unspecified atom stereocenters. The predicted octanol–water partition coefficient (Wildman–Crippen LogP) is 1.97. The fraction of sp³-hybridized carbons (Fsp3) is 0.733. The summed E-state index contributed by atoms with van der Waals surface area (Å²) in [5, 5.41) is 3.82. The van der Waals surface area contributed by atoms with Gasteiger partial charge < -0.3 is 5.32 Å². The SMILES string of the molecule is CC1CCNC2(CCCC2)CN1Cc1ncccn1. The van der Waals surface area contributed by atoms with E-state index in [4.69, 9.17) is 0 Å². The first kappa shape index (κ1) is 13.0. The maximum atomic E-state index is 4.38. The van der Waals surface area contributed by atoms with Crippen LogP contribution in [-0.2, 0) is 6.54 Å². The molecule has 1 saturated heterocycles. The molecular weight excluding hydrogens is 236 g/mol. The molecule has 1 atom stereocenters. The van der Waals surface area contributed by atoms with Crippen molar-refractivity contribution in [3.8, 4) is 0 Å². The molecule has 2 heterocycles. The second kappa shape index (κ2) is 5.55. The van der Waals surface area contributed by atoms with E-state index in [0.29, 0.717) is 11.6 Å². The lowest BCUT2D eigenvalue weighted by Gasteiger charge is -2.35. The van der Waals surface area contributed by atoms with Crippen LogP contribution in [0.15, 0.2) is 18.5 Å². The second-order valence-electron chi connectivity index (χ2n) is 6.12. The van der Waals surface area contributed by atoms with Gasteiger partial charge in [-0.15, -0.1) is 0 Å². The predicted molar refractivity (Wildman–Crippen MR) is 75.7 cm³/mol. The zero-order valence-electron chi connectivity index (χ0n) is 11.8. The van der Waals surface area contributed by atoms with Crippen molar-refractivity contribution in [2.24, 2.45) is 0 Å². The monoisotopic (exact) mass is 260 g/mol. The largest absolute Gasteiger partial charge is 0.310 e. The highest BCUT2D eigenvalue weighted by Gasteiger charge is 2.38. The molecule has 3 rings (SSSR count). The number of nitrogens with one attached hydrogen (secondary N) is 1. The standard InChI is InChI=1S/C15H24N4/c1-13-5-10-18-15(6-2-3-7-15)12-19(13)11-14-16-8-4-9-17-14/h4,8-9,13,18H,2-3,5-7,10-12H2,1H3. The molecule has 0 aromatic carbocycles. The van der Waals surface area contributed by atoms with Crippen LogP contribution in [0.5, 0.6) is 0 Å². The van der Waals surface area contributed by atoms with Crippen molar-refractivity contribution < 1.29 is 0 Å². The van der Waals surface area contributed by atoms with Gasteiger partial charge in [0.15, 0.2) is 0 Å². The van der Waals surface area contributed by atoms with Gasteiger partial charge in [-0.1, -0.05) is 12.8 Å². The summed E-state index contributed by atoms with van der Waals surface area (Å²) in [7, 11) is 0. The first-order valence-corrected chi connectivity index (χ1v) is 7.52. The van der Waals surface area contributed by atoms with Crippen molar-refractivity contribution >= 4 is 0 Å². The van der Waals surface area contributed by atoms with Gasteiger partial charge in [-0.05, 0) is 38.8 Å². The van der Waals surface area contributed by atoms with Gasteiger partial charge in [0.25, 0.3) is 0 Å². The van der Waals surface area contributed by atoms with E-state index in [2.05, 4.69) is 27.1 Å². The summed E-state index contributed by atoms with van der Waals surface area (Å²) in [6, 6.07) is 2.49. The lowest BCUT2D eigenvalue weighted by atomic mass is 9.97. The quantitative estimate of drug-likeness (QED) is 0.882. The maximum absolute atomic E-state index is 4.38. The third kappa shape index (κ3) is 2.95. The minimum Gasteiger partial charge on any atom is -0.310 e. The van der Waals surface area contributed by atoms with Crippen molar-refractivity contribution in [1.82, 2.24) is 20.2 Å². The number of rotatable bonds is 2. The van der Waals surface area contributed by atoms with Crippen molar-refractivity contribution in [3.63, 3.8) is 0 Å². The highest BCUT2D eigenvalue weighted by atomic mass is 15.2. The van der Waals surface area contributed by atoms with Crippen LogP contribution in [0.25, 0.3) is 0 Å². The van der Waals surface area contributed by atoms with Gasteiger partial charge in [-0.25, -0.2) is 9.97 Å². The molecule has 19 heavy (non-hydrogen) atoms. The van der Waals surface area contributed by atoms with Crippen LogP contribution in [0.2, 0.25) is 0 Å². The Hall–Kier alpha value is -1.00. The Labute approximate surface area is 115 Å². The maximum Gasteiger partial charge on any atom is 0.142 e. The van der Waals surface area contributed by atoms with E-state index in [-0.39, 0.29) is 0 Å². The molecule has 1 saturated carbocycles. The van der Waals surface area contributed by atoms with Crippen LogP contribution < -0.4 is 5.32 Å². The summed E-state index contributed by atoms with van der Waals surface area (Å²) < 4.78 is 0. The van der Waals surface area contributed by atoms with Crippen LogP contribution in [0.1, 0.15) is 44.9 Å². The van der Waals surface area contributed by atoms with E-state index in [9.17, 15) is 0 Å². The molecule has 1 aliphatic heterocycles. The smallest absolute Gasteiger partial charge is 0.142 e. The van der Waals surface area contributed by atoms with Gasteiger partial charge in [-0.2, -0.15) is 0 Å². The number of hydrogen-bond donors (Lipinski definition) is 1. The molecule has 2 aliphatic rings. The minimum atomic E-state index is 0.361. The van der Waals surface area contributed by atoms with E-state index in [1.807, 2.05) is 18.5 Å². The molecule has 0 amide bonds. The second-order valence-corrected chi connectivity index (χ2v) is 6.12. The van der Waals surface area contributed by atoms with Gasteiger partial charge in [-0.3, -0.25) is 4.90 Å². The Morgan fingerprint density at radius 2 is 2.05 bits per heavy atom. The Bertz CT molecular complexity index is 400. The summed E-state index contributed by atoms with van der Waals surface area (Å²) in [6.45, 7) is 5.50. The first-order chi connectivity index (χ1) is 9.27. The van der Waals surface area contributed by atoms with Crippen molar-refractivity contribution in [2.45, 2.75) is 57.2 Å². The van der Waals surface area contributed by atoms with Gasteiger partial charge in [0, 0.05) is 30.5 Å². The highest BCUT2D eigenvalue weighted by Crippen LogP contribution is 2.33. The van der Waals surface area contributed by atoms with Gasteiger partial charge in [0.1, 0.15) is 5.82 Å². The van der Waals surface area contributed by atoms with Gasteiger partial charge in [0.05, 0.1) is 6.54 Å². The molecule has 1 aromatic heterocycles. The molecule has 0 bridgehead atoms. The fourth-order valence-electron chi connectivity index (χ4n) is 3.52. The summed E-state index contributed by atoms with van der Waals surface area (Å²) in [5.74, 6) is 0.949. The molecular formula is C15H24N4. The molecule has 0 radical (unpaired) electrons. The Morgan fingerprint density at radius 3 is 2.79 bits per heavy atom. The van der Waals surface area contributed by atoms with Crippen LogP contribution in [0.4, 0.5) is 0 Å². The lowest BCUT2D eigenvalue weighted by molar-refractivity contribution is 0.156. The minimum absolute atomic E-state index is 0.361. The zero-order valence-corrected chi connectivity index (χ0v) is 11.8. The van der Waals surface area contributed by atoms with E-state index in [1.54, 1.807) is 0 Å². The average Bonchev–Trinajstić information content (AvgIpc) is 2.81. The number of aromatic nitrogens is 2. The molecule has 1 N–H and O–H groups in total. The molecule has 1 aliphatic carbocycles. The van der Waals surface area contributed by atoms with Crippen molar-refractivity contribution in [1.29, 1.82) is 0 Å². The highest BCUT2D eigenvalue weighted by molar-refractivity contribution is 4.99. The van der Waals surface area contributed by atoms with Gasteiger partial charge in [0.2, 0.25) is 0 Å². The van der Waals surface area contributed by atoms with Crippen molar-refractivity contribution in [3.05, 3.63) is 24.3 Å². The molecule has 4 heteroatoms. The lowest BCUT2D eigenvalue weighted by Crippen LogP contribution is -2.50. The third-order valence-corrected chi connectivity index (χ3v) is 4.72. The normalized spacial score (nSPS) is 27.5. The molecule has 2 fully saturated rings. The number of nitrogens with zero attached hydrogens (tertiary/aromatic N) is 3. The Morgan fingerprint density at radius 1 is 1.32 bits per heavy atom. The fourth-order valence-corrected chi connectivity index (χ4v) is 3.52. The summed E-state index contributed by atoms with van der Waals surface area (Å²) >= 11 is 0. The Kier molecular flexibility index (Phi) is 3.80. The molecule has 104 valence electrons. The van der Waals surface area contributed by atoms with Crippen molar-refractivity contribution in [2.75, 3.05) is 13.1 Å². The molecule has 4 nitrogen and oxygen atoms in total. The topological polar surface area (TPSA) is 41.0 Å². The van der Waals surface area contributed by atoms with E-state index < -0.39 is 0 Å².